The minimum Gasteiger partial charge on any atom is -0.307 e. The van der Waals surface area contributed by atoms with E-state index in [-0.39, 0.29) is 11.7 Å². The maximum absolute atomic E-state index is 13.0. The number of fused-ring (bicyclic) bond motifs is 1. The van der Waals surface area contributed by atoms with Crippen molar-refractivity contribution in [2.24, 2.45) is 0 Å². The van der Waals surface area contributed by atoms with Crippen LogP contribution in [0, 0.1) is 6.92 Å². The number of rotatable bonds is 3. The first-order chi connectivity index (χ1) is 10.5. The van der Waals surface area contributed by atoms with Crippen LogP contribution in [0.15, 0.2) is 48.5 Å². The van der Waals surface area contributed by atoms with Crippen molar-refractivity contribution >= 4 is 17.4 Å². The summed E-state index contributed by atoms with van der Waals surface area (Å²) in [6.45, 7) is 5.69. The summed E-state index contributed by atoms with van der Waals surface area (Å²) in [5.74, 6) is -0.239. The van der Waals surface area contributed by atoms with Gasteiger partial charge in [-0.3, -0.25) is 9.59 Å². The van der Waals surface area contributed by atoms with Crippen LogP contribution in [0.25, 0.3) is 0 Å². The third kappa shape index (κ3) is 1.97. The van der Waals surface area contributed by atoms with Crippen molar-refractivity contribution in [3.63, 3.8) is 0 Å². The van der Waals surface area contributed by atoms with Gasteiger partial charge in [0.15, 0.2) is 0 Å². The fourth-order valence-electron chi connectivity index (χ4n) is 3.26. The average Bonchev–Trinajstić information content (AvgIpc) is 2.72. The van der Waals surface area contributed by atoms with Gasteiger partial charge in [-0.15, -0.1) is 0 Å². The molecule has 2 aromatic rings. The van der Waals surface area contributed by atoms with E-state index in [2.05, 4.69) is 0 Å². The zero-order chi connectivity index (χ0) is 15.9. The van der Waals surface area contributed by atoms with E-state index >= 15 is 0 Å². The molecule has 0 radical (unpaired) electrons. The van der Waals surface area contributed by atoms with Gasteiger partial charge in [-0.25, -0.2) is 0 Å². The largest absolute Gasteiger partial charge is 0.307 e. The van der Waals surface area contributed by atoms with Gasteiger partial charge in [0, 0.05) is 11.3 Å². The standard InChI is InChI=1S/C19H19NO2/c1-13-8-7-11-16-17(13)19(3,14(2)21)18(22)20(16)12-15-9-5-4-6-10-15/h4-11H,12H2,1-3H3. The molecule has 0 bridgehead atoms. The molecule has 0 aromatic heterocycles. The van der Waals surface area contributed by atoms with Gasteiger partial charge in [-0.2, -0.15) is 0 Å². The summed E-state index contributed by atoms with van der Waals surface area (Å²) in [6, 6.07) is 15.7. The molecule has 0 saturated carbocycles. The summed E-state index contributed by atoms with van der Waals surface area (Å²) in [5.41, 5.74) is 2.67. The van der Waals surface area contributed by atoms with E-state index in [4.69, 9.17) is 0 Å². The number of Topliss-reactive ketones (excluding diaryl/α,β-unsaturated/α-hetero) is 1. The molecule has 112 valence electrons. The Labute approximate surface area is 130 Å². The minimum atomic E-state index is -1.07. The van der Waals surface area contributed by atoms with Crippen LogP contribution in [0.3, 0.4) is 0 Å². The minimum absolute atomic E-state index is 0.108. The highest BCUT2D eigenvalue weighted by atomic mass is 16.2. The van der Waals surface area contributed by atoms with Gasteiger partial charge in [-0.1, -0.05) is 42.5 Å². The lowest BCUT2D eigenvalue weighted by Gasteiger charge is -2.22. The number of aryl methyl sites for hydroxylation is 1. The molecule has 1 aliphatic rings. The van der Waals surface area contributed by atoms with Crippen molar-refractivity contribution in [1.29, 1.82) is 0 Å². The van der Waals surface area contributed by atoms with E-state index in [1.54, 1.807) is 11.8 Å². The lowest BCUT2D eigenvalue weighted by molar-refractivity contribution is -0.132. The van der Waals surface area contributed by atoms with E-state index in [1.807, 2.05) is 55.5 Å². The zero-order valence-electron chi connectivity index (χ0n) is 13.1. The molecule has 1 amide bonds. The average molecular weight is 293 g/mol. The van der Waals surface area contributed by atoms with Gasteiger partial charge in [0.25, 0.3) is 0 Å². The smallest absolute Gasteiger partial charge is 0.245 e. The highest BCUT2D eigenvalue weighted by Gasteiger charge is 2.51. The highest BCUT2D eigenvalue weighted by molar-refractivity contribution is 6.21. The number of carbonyl (C=O) groups excluding carboxylic acids is 2. The van der Waals surface area contributed by atoms with Gasteiger partial charge >= 0.3 is 0 Å². The Morgan fingerprint density at radius 3 is 2.41 bits per heavy atom. The van der Waals surface area contributed by atoms with Crippen LogP contribution in [-0.4, -0.2) is 11.7 Å². The lowest BCUT2D eigenvalue weighted by atomic mass is 9.78. The molecular formula is C19H19NO2. The Hall–Kier alpha value is -2.42. The number of ketones is 1. The second-order valence-corrected chi connectivity index (χ2v) is 6.03. The van der Waals surface area contributed by atoms with Crippen molar-refractivity contribution < 1.29 is 9.59 Å². The Morgan fingerprint density at radius 1 is 1.09 bits per heavy atom. The van der Waals surface area contributed by atoms with Crippen LogP contribution < -0.4 is 4.90 Å². The van der Waals surface area contributed by atoms with E-state index in [0.717, 1.165) is 22.4 Å². The van der Waals surface area contributed by atoms with Crippen LogP contribution in [0.2, 0.25) is 0 Å². The molecule has 1 unspecified atom stereocenters. The van der Waals surface area contributed by atoms with Gasteiger partial charge in [0.05, 0.1) is 6.54 Å². The molecule has 1 heterocycles. The molecule has 3 rings (SSSR count). The third-order valence-corrected chi connectivity index (χ3v) is 4.60. The first kappa shape index (κ1) is 14.5. The lowest BCUT2D eigenvalue weighted by Crippen LogP contribution is -2.42. The molecular weight excluding hydrogens is 274 g/mol. The molecule has 0 spiro atoms. The molecule has 0 saturated heterocycles. The topological polar surface area (TPSA) is 37.4 Å². The first-order valence-corrected chi connectivity index (χ1v) is 7.43. The van der Waals surface area contributed by atoms with Gasteiger partial charge in [0.1, 0.15) is 11.2 Å². The Bertz CT molecular complexity index is 751. The summed E-state index contributed by atoms with van der Waals surface area (Å²) in [5, 5.41) is 0. The highest BCUT2D eigenvalue weighted by Crippen LogP contribution is 2.44. The van der Waals surface area contributed by atoms with E-state index in [0.29, 0.717) is 6.54 Å². The van der Waals surface area contributed by atoms with E-state index in [1.165, 1.54) is 6.92 Å². The number of nitrogens with zero attached hydrogens (tertiary/aromatic N) is 1. The summed E-state index contributed by atoms with van der Waals surface area (Å²) in [7, 11) is 0. The molecule has 3 nitrogen and oxygen atoms in total. The maximum Gasteiger partial charge on any atom is 0.245 e. The number of anilines is 1. The fourth-order valence-corrected chi connectivity index (χ4v) is 3.26. The SMILES string of the molecule is CC(=O)C1(C)C(=O)N(Cc2ccccc2)c2cccc(C)c21. The quantitative estimate of drug-likeness (QED) is 0.813. The molecule has 1 aliphatic heterocycles. The molecule has 0 fully saturated rings. The summed E-state index contributed by atoms with van der Waals surface area (Å²) >= 11 is 0. The Kier molecular flexibility index (Phi) is 3.36. The van der Waals surface area contributed by atoms with Crippen LogP contribution in [0.4, 0.5) is 5.69 Å². The van der Waals surface area contributed by atoms with Crippen molar-refractivity contribution in [2.45, 2.75) is 32.7 Å². The first-order valence-electron chi connectivity index (χ1n) is 7.43. The number of benzene rings is 2. The Morgan fingerprint density at radius 2 is 1.77 bits per heavy atom. The van der Waals surface area contributed by atoms with Crippen molar-refractivity contribution in [2.75, 3.05) is 4.90 Å². The van der Waals surface area contributed by atoms with Crippen LogP contribution in [0.1, 0.15) is 30.5 Å². The number of hydrogen-bond acceptors (Lipinski definition) is 2. The van der Waals surface area contributed by atoms with E-state index in [9.17, 15) is 9.59 Å². The fraction of sp³-hybridized carbons (Fsp3) is 0.263. The Balaban J connectivity index is 2.13. The van der Waals surface area contributed by atoms with Crippen molar-refractivity contribution in [3.8, 4) is 0 Å². The van der Waals surface area contributed by atoms with Gasteiger partial charge in [-0.05, 0) is 38.0 Å². The second-order valence-electron chi connectivity index (χ2n) is 6.03. The van der Waals surface area contributed by atoms with E-state index < -0.39 is 5.41 Å². The predicted molar refractivity (Wildman–Crippen MR) is 86.8 cm³/mol. The summed E-state index contributed by atoms with van der Waals surface area (Å²) in [6.07, 6.45) is 0. The number of hydrogen-bond donors (Lipinski definition) is 0. The van der Waals surface area contributed by atoms with Crippen LogP contribution >= 0.6 is 0 Å². The summed E-state index contributed by atoms with van der Waals surface area (Å²) < 4.78 is 0. The number of amides is 1. The molecule has 1 atom stereocenters. The second kappa shape index (κ2) is 5.09. The van der Waals surface area contributed by atoms with Crippen LogP contribution in [0.5, 0.6) is 0 Å². The van der Waals surface area contributed by atoms with Crippen molar-refractivity contribution in [3.05, 3.63) is 65.2 Å². The molecule has 0 aliphatic carbocycles. The molecule has 3 heteroatoms. The molecule has 0 N–H and O–H groups in total. The van der Waals surface area contributed by atoms with Gasteiger partial charge in [0.2, 0.25) is 5.91 Å². The number of carbonyl (C=O) groups is 2. The normalized spacial score (nSPS) is 20.1. The van der Waals surface area contributed by atoms with Crippen LogP contribution in [-0.2, 0) is 21.5 Å². The molecule has 2 aromatic carbocycles. The van der Waals surface area contributed by atoms with Crippen molar-refractivity contribution in [1.82, 2.24) is 0 Å². The maximum atomic E-state index is 13.0. The molecule has 22 heavy (non-hydrogen) atoms. The summed E-state index contributed by atoms with van der Waals surface area (Å²) in [4.78, 5) is 27.0. The zero-order valence-corrected chi connectivity index (χ0v) is 13.1. The third-order valence-electron chi connectivity index (χ3n) is 4.60. The predicted octanol–water partition coefficient (Wildman–Crippen LogP) is 3.39. The monoisotopic (exact) mass is 293 g/mol. The van der Waals surface area contributed by atoms with Gasteiger partial charge < -0.3 is 4.90 Å².